The van der Waals surface area contributed by atoms with Gasteiger partial charge in [-0.3, -0.25) is 0 Å². The van der Waals surface area contributed by atoms with E-state index in [1.807, 2.05) is 0 Å². The van der Waals surface area contributed by atoms with Crippen molar-refractivity contribution in [2.45, 2.75) is 6.43 Å². The normalized spacial score (nSPS) is 11.5. The second-order valence-electron chi connectivity index (χ2n) is 2.76. The fourth-order valence-electron chi connectivity index (χ4n) is 1.21. The van der Waals surface area contributed by atoms with Crippen LogP contribution in [0, 0.1) is 0 Å². The van der Waals surface area contributed by atoms with Gasteiger partial charge in [0.1, 0.15) is 0 Å². The highest BCUT2D eigenvalue weighted by atomic mass is 35.5. The van der Waals surface area contributed by atoms with Crippen LogP contribution in [0.4, 0.5) is 8.78 Å². The van der Waals surface area contributed by atoms with Crippen LogP contribution in [-0.2, 0) is 0 Å². The fourth-order valence-corrected chi connectivity index (χ4v) is 2.73. The van der Waals surface area contributed by atoms with Gasteiger partial charge in [-0.25, -0.2) is 8.78 Å². The second-order valence-corrected chi connectivity index (χ2v) is 4.46. The quantitative estimate of drug-likeness (QED) is 0.659. The molecular weight excluding hydrogens is 249 g/mol. The molecule has 1 heterocycles. The van der Waals surface area contributed by atoms with E-state index >= 15 is 0 Å². The van der Waals surface area contributed by atoms with Gasteiger partial charge in [-0.05, 0) is 12.1 Å². The molecule has 0 amide bonds. The van der Waals surface area contributed by atoms with Crippen LogP contribution in [0.25, 0.3) is 10.1 Å². The molecule has 0 unspecified atom stereocenters. The van der Waals surface area contributed by atoms with Gasteiger partial charge in [0.05, 0.1) is 14.7 Å². The molecule has 0 saturated carbocycles. The van der Waals surface area contributed by atoms with Crippen LogP contribution in [0.1, 0.15) is 12.0 Å². The summed E-state index contributed by atoms with van der Waals surface area (Å²) in [6.45, 7) is 0. The van der Waals surface area contributed by atoms with Crippen LogP contribution in [-0.4, -0.2) is 0 Å². The average molecular weight is 253 g/mol. The zero-order valence-electron chi connectivity index (χ0n) is 6.73. The predicted octanol–water partition coefficient (Wildman–Crippen LogP) is 5.15. The first-order valence-corrected chi connectivity index (χ1v) is 5.37. The third kappa shape index (κ3) is 1.60. The number of rotatable bonds is 1. The summed E-state index contributed by atoms with van der Waals surface area (Å²) in [7, 11) is 0. The monoisotopic (exact) mass is 252 g/mol. The third-order valence-electron chi connectivity index (χ3n) is 1.86. The molecule has 0 fully saturated rings. The maximum Gasteiger partial charge on any atom is 0.263 e. The highest BCUT2D eigenvalue weighted by molar-refractivity contribution is 7.18. The van der Waals surface area contributed by atoms with Crippen molar-refractivity contribution in [2.75, 3.05) is 0 Å². The molecule has 1 aromatic heterocycles. The van der Waals surface area contributed by atoms with Crippen molar-refractivity contribution in [1.29, 1.82) is 0 Å². The van der Waals surface area contributed by atoms with Crippen LogP contribution in [0.3, 0.4) is 0 Å². The third-order valence-corrected chi connectivity index (χ3v) is 3.74. The minimum Gasteiger partial charge on any atom is -0.205 e. The van der Waals surface area contributed by atoms with Crippen molar-refractivity contribution < 1.29 is 8.78 Å². The van der Waals surface area contributed by atoms with Gasteiger partial charge in [-0.1, -0.05) is 23.2 Å². The maximum atomic E-state index is 12.4. The summed E-state index contributed by atoms with van der Waals surface area (Å²) in [6, 6.07) is 2.66. The molecule has 0 aliphatic rings. The first kappa shape index (κ1) is 10.1. The van der Waals surface area contributed by atoms with Gasteiger partial charge < -0.3 is 0 Å². The topological polar surface area (TPSA) is 0 Å². The Kier molecular flexibility index (Phi) is 2.64. The van der Waals surface area contributed by atoms with E-state index in [-0.39, 0.29) is 5.56 Å². The van der Waals surface area contributed by atoms with E-state index in [1.54, 1.807) is 5.38 Å². The zero-order valence-corrected chi connectivity index (χ0v) is 9.06. The summed E-state index contributed by atoms with van der Waals surface area (Å²) in [6.07, 6.45) is -2.52. The van der Waals surface area contributed by atoms with Crippen molar-refractivity contribution in [2.24, 2.45) is 0 Å². The van der Waals surface area contributed by atoms with Gasteiger partial charge in [-0.2, -0.15) is 0 Å². The Morgan fingerprint density at radius 2 is 1.86 bits per heavy atom. The van der Waals surface area contributed by atoms with Crippen molar-refractivity contribution in [3.8, 4) is 0 Å². The number of hydrogen-bond donors (Lipinski definition) is 0. The molecule has 0 spiro atoms. The standard InChI is InChI=1S/C9H4Cl2F2S/c10-6-2-4(9(12)13)1-5-7(11)3-14-8(5)6/h1-3,9H. The number of thiophene rings is 1. The lowest BCUT2D eigenvalue weighted by Crippen LogP contribution is -1.83. The summed E-state index contributed by atoms with van der Waals surface area (Å²) >= 11 is 13.0. The minimum atomic E-state index is -2.52. The Bertz CT molecular complexity index is 479. The molecule has 14 heavy (non-hydrogen) atoms. The smallest absolute Gasteiger partial charge is 0.205 e. The lowest BCUT2D eigenvalue weighted by molar-refractivity contribution is 0.151. The largest absolute Gasteiger partial charge is 0.263 e. The van der Waals surface area contributed by atoms with E-state index in [0.29, 0.717) is 15.4 Å². The summed E-state index contributed by atoms with van der Waals surface area (Å²) in [5.41, 5.74) is -0.0946. The van der Waals surface area contributed by atoms with E-state index in [2.05, 4.69) is 0 Å². The summed E-state index contributed by atoms with van der Waals surface area (Å²) in [5, 5.41) is 3.08. The van der Waals surface area contributed by atoms with Crippen molar-refractivity contribution >= 4 is 44.6 Å². The molecule has 2 rings (SSSR count). The van der Waals surface area contributed by atoms with Gasteiger partial charge in [0.15, 0.2) is 0 Å². The van der Waals surface area contributed by atoms with Crippen molar-refractivity contribution in [1.82, 2.24) is 0 Å². The molecule has 0 N–H and O–H groups in total. The molecule has 0 atom stereocenters. The number of alkyl halides is 2. The summed E-state index contributed by atoms with van der Waals surface area (Å²) < 4.78 is 25.6. The molecule has 0 nitrogen and oxygen atoms in total. The molecule has 0 saturated heterocycles. The molecule has 1 aromatic carbocycles. The summed E-state index contributed by atoms with van der Waals surface area (Å²) in [5.74, 6) is 0. The number of halogens is 4. The zero-order chi connectivity index (χ0) is 10.3. The van der Waals surface area contributed by atoms with Gasteiger partial charge >= 0.3 is 0 Å². The Labute approximate surface area is 93.1 Å². The van der Waals surface area contributed by atoms with Gasteiger partial charge in [-0.15, -0.1) is 11.3 Å². The van der Waals surface area contributed by atoms with E-state index in [9.17, 15) is 8.78 Å². The molecule has 5 heteroatoms. The van der Waals surface area contributed by atoms with Crippen LogP contribution in [0.15, 0.2) is 17.5 Å². The van der Waals surface area contributed by atoms with Crippen molar-refractivity contribution in [3.63, 3.8) is 0 Å². The minimum absolute atomic E-state index is 0.0946. The van der Waals surface area contributed by atoms with E-state index in [4.69, 9.17) is 23.2 Å². The first-order valence-electron chi connectivity index (χ1n) is 3.74. The predicted molar refractivity (Wildman–Crippen MR) is 56.8 cm³/mol. The Hall–Kier alpha value is -0.380. The van der Waals surface area contributed by atoms with E-state index in [1.165, 1.54) is 23.5 Å². The molecule has 74 valence electrons. The van der Waals surface area contributed by atoms with Crippen LogP contribution >= 0.6 is 34.5 Å². The fraction of sp³-hybridized carbons (Fsp3) is 0.111. The van der Waals surface area contributed by atoms with Crippen LogP contribution < -0.4 is 0 Å². The van der Waals surface area contributed by atoms with E-state index in [0.717, 1.165) is 4.70 Å². The molecule has 2 aromatic rings. The molecule has 0 radical (unpaired) electrons. The lowest BCUT2D eigenvalue weighted by Gasteiger charge is -2.01. The lowest BCUT2D eigenvalue weighted by atomic mass is 10.2. The van der Waals surface area contributed by atoms with Crippen LogP contribution in [0.5, 0.6) is 0 Å². The first-order chi connectivity index (χ1) is 6.59. The number of benzene rings is 1. The highest BCUT2D eigenvalue weighted by Gasteiger charge is 2.13. The van der Waals surface area contributed by atoms with Gasteiger partial charge in [0, 0.05) is 16.3 Å². The SMILES string of the molecule is FC(F)c1cc(Cl)c2scc(Cl)c2c1. The summed E-state index contributed by atoms with van der Waals surface area (Å²) in [4.78, 5) is 0. The molecule has 0 bridgehead atoms. The Balaban J connectivity index is 2.75. The Morgan fingerprint density at radius 3 is 2.50 bits per heavy atom. The van der Waals surface area contributed by atoms with E-state index < -0.39 is 6.43 Å². The van der Waals surface area contributed by atoms with Gasteiger partial charge in [0.25, 0.3) is 6.43 Å². The second kappa shape index (κ2) is 3.65. The maximum absolute atomic E-state index is 12.4. The number of hydrogen-bond acceptors (Lipinski definition) is 1. The molecule has 0 aliphatic carbocycles. The highest BCUT2D eigenvalue weighted by Crippen LogP contribution is 2.37. The molecule has 0 aliphatic heterocycles. The van der Waals surface area contributed by atoms with Crippen LogP contribution in [0.2, 0.25) is 10.0 Å². The Morgan fingerprint density at radius 1 is 1.14 bits per heavy atom. The number of fused-ring (bicyclic) bond motifs is 1. The molecular formula is C9H4Cl2F2S. The van der Waals surface area contributed by atoms with Gasteiger partial charge in [0.2, 0.25) is 0 Å². The van der Waals surface area contributed by atoms with Crippen molar-refractivity contribution in [3.05, 3.63) is 33.1 Å². The average Bonchev–Trinajstić information content (AvgIpc) is 2.48.